The summed E-state index contributed by atoms with van der Waals surface area (Å²) in [5, 5.41) is 3.38. The molecule has 1 N–H and O–H groups in total. The maximum Gasteiger partial charge on any atom is 0.165 e. The number of rotatable bonds is 4. The normalized spacial score (nSPS) is 17.3. The lowest BCUT2D eigenvalue weighted by Gasteiger charge is -2.31. The van der Waals surface area contributed by atoms with Crippen LogP contribution in [0.25, 0.3) is 0 Å². The lowest BCUT2D eigenvalue weighted by atomic mass is 9.96. The van der Waals surface area contributed by atoms with Crippen molar-refractivity contribution in [1.82, 2.24) is 10.2 Å². The zero-order chi connectivity index (χ0) is 16.9. The molecule has 1 saturated heterocycles. The van der Waals surface area contributed by atoms with Gasteiger partial charge in [0.05, 0.1) is 13.2 Å². The molecule has 3 nitrogen and oxygen atoms in total. The summed E-state index contributed by atoms with van der Waals surface area (Å²) < 4.78 is 32.6. The predicted octanol–water partition coefficient (Wildman–Crippen LogP) is 3.36. The Morgan fingerprint density at radius 3 is 2.46 bits per heavy atom. The van der Waals surface area contributed by atoms with Crippen LogP contribution in [0.1, 0.15) is 23.6 Å². The number of benzene rings is 2. The van der Waals surface area contributed by atoms with Crippen LogP contribution in [-0.4, -0.2) is 38.2 Å². The second-order valence-electron chi connectivity index (χ2n) is 5.99. The zero-order valence-corrected chi connectivity index (χ0v) is 13.8. The third-order valence-corrected chi connectivity index (χ3v) is 4.42. The van der Waals surface area contributed by atoms with Gasteiger partial charge in [0.1, 0.15) is 5.82 Å². The van der Waals surface area contributed by atoms with E-state index in [1.165, 1.54) is 25.3 Å². The molecular formula is C19H22F2N2O. The molecule has 2 aromatic carbocycles. The first-order valence-electron chi connectivity index (χ1n) is 8.22. The maximum absolute atomic E-state index is 14.2. The van der Waals surface area contributed by atoms with Crippen molar-refractivity contribution in [3.8, 4) is 5.75 Å². The molecule has 0 aliphatic carbocycles. The van der Waals surface area contributed by atoms with Crippen molar-refractivity contribution >= 4 is 0 Å². The van der Waals surface area contributed by atoms with E-state index >= 15 is 0 Å². The number of methoxy groups -OCH3 is 1. The minimum absolute atomic E-state index is 0.106. The molecule has 1 atom stereocenters. The second-order valence-corrected chi connectivity index (χ2v) is 5.99. The smallest absolute Gasteiger partial charge is 0.165 e. The molecule has 128 valence electrons. The molecular weight excluding hydrogens is 310 g/mol. The van der Waals surface area contributed by atoms with Gasteiger partial charge in [-0.1, -0.05) is 18.2 Å². The van der Waals surface area contributed by atoms with Gasteiger partial charge in [-0.15, -0.1) is 0 Å². The van der Waals surface area contributed by atoms with E-state index in [4.69, 9.17) is 4.74 Å². The summed E-state index contributed by atoms with van der Waals surface area (Å²) in [7, 11) is 1.45. The SMILES string of the molecule is COc1ccc(C(c2ccc(F)cc2)N2CCCNCC2)cc1F. The van der Waals surface area contributed by atoms with E-state index in [1.807, 2.05) is 6.07 Å². The summed E-state index contributed by atoms with van der Waals surface area (Å²) in [5.74, 6) is -0.417. The first-order chi connectivity index (χ1) is 11.7. The highest BCUT2D eigenvalue weighted by molar-refractivity contribution is 5.37. The first-order valence-corrected chi connectivity index (χ1v) is 8.22. The number of nitrogens with zero attached hydrogens (tertiary/aromatic N) is 1. The van der Waals surface area contributed by atoms with Gasteiger partial charge in [0, 0.05) is 19.6 Å². The average Bonchev–Trinajstić information content (AvgIpc) is 2.86. The summed E-state index contributed by atoms with van der Waals surface area (Å²) in [6.45, 7) is 3.62. The first kappa shape index (κ1) is 16.9. The fraction of sp³-hybridized carbons (Fsp3) is 0.368. The van der Waals surface area contributed by atoms with Gasteiger partial charge in [-0.2, -0.15) is 0 Å². The van der Waals surface area contributed by atoms with E-state index in [2.05, 4.69) is 10.2 Å². The third-order valence-electron chi connectivity index (χ3n) is 4.42. The minimum atomic E-state index is -0.380. The van der Waals surface area contributed by atoms with Crippen molar-refractivity contribution in [2.75, 3.05) is 33.3 Å². The number of nitrogens with one attached hydrogen (secondary N) is 1. The Hall–Kier alpha value is -1.98. The van der Waals surface area contributed by atoms with Crippen molar-refractivity contribution in [2.45, 2.75) is 12.5 Å². The van der Waals surface area contributed by atoms with Crippen LogP contribution in [0.2, 0.25) is 0 Å². The van der Waals surface area contributed by atoms with Gasteiger partial charge >= 0.3 is 0 Å². The molecule has 0 aromatic heterocycles. The quantitative estimate of drug-likeness (QED) is 0.929. The molecule has 24 heavy (non-hydrogen) atoms. The fourth-order valence-corrected chi connectivity index (χ4v) is 3.24. The molecule has 2 aromatic rings. The molecule has 1 aliphatic heterocycles. The van der Waals surface area contributed by atoms with Crippen molar-refractivity contribution in [2.24, 2.45) is 0 Å². The van der Waals surface area contributed by atoms with Gasteiger partial charge in [0.2, 0.25) is 0 Å². The minimum Gasteiger partial charge on any atom is -0.494 e. The molecule has 1 unspecified atom stereocenters. The van der Waals surface area contributed by atoms with E-state index < -0.39 is 0 Å². The molecule has 0 spiro atoms. The maximum atomic E-state index is 14.2. The largest absolute Gasteiger partial charge is 0.494 e. The summed E-state index contributed by atoms with van der Waals surface area (Å²) in [4.78, 5) is 2.31. The number of hydrogen-bond acceptors (Lipinski definition) is 3. The molecule has 0 radical (unpaired) electrons. The highest BCUT2D eigenvalue weighted by atomic mass is 19.1. The summed E-state index contributed by atoms with van der Waals surface area (Å²) in [6.07, 6.45) is 1.02. The van der Waals surface area contributed by atoms with Crippen LogP contribution in [0.3, 0.4) is 0 Å². The van der Waals surface area contributed by atoms with Gasteiger partial charge in [0.25, 0.3) is 0 Å². The molecule has 1 heterocycles. The molecule has 0 amide bonds. The molecule has 0 saturated carbocycles. The number of hydrogen-bond donors (Lipinski definition) is 1. The van der Waals surface area contributed by atoms with E-state index in [0.29, 0.717) is 0 Å². The van der Waals surface area contributed by atoms with Crippen LogP contribution < -0.4 is 10.1 Å². The van der Waals surface area contributed by atoms with E-state index in [-0.39, 0.29) is 23.4 Å². The zero-order valence-electron chi connectivity index (χ0n) is 13.8. The summed E-state index contributed by atoms with van der Waals surface area (Å²) in [6, 6.07) is 11.4. The van der Waals surface area contributed by atoms with Gasteiger partial charge in [0.15, 0.2) is 11.6 Å². The van der Waals surface area contributed by atoms with Gasteiger partial charge in [-0.3, -0.25) is 4.90 Å². The monoisotopic (exact) mass is 332 g/mol. The molecule has 3 rings (SSSR count). The highest BCUT2D eigenvalue weighted by Crippen LogP contribution is 2.31. The Kier molecular flexibility index (Phi) is 5.43. The highest BCUT2D eigenvalue weighted by Gasteiger charge is 2.24. The van der Waals surface area contributed by atoms with Crippen LogP contribution in [0, 0.1) is 11.6 Å². The van der Waals surface area contributed by atoms with Crippen molar-refractivity contribution in [3.05, 3.63) is 65.2 Å². The fourth-order valence-electron chi connectivity index (χ4n) is 3.24. The Morgan fingerprint density at radius 2 is 1.75 bits per heavy atom. The second kappa shape index (κ2) is 7.73. The van der Waals surface area contributed by atoms with Crippen LogP contribution >= 0.6 is 0 Å². The van der Waals surface area contributed by atoms with E-state index in [9.17, 15) is 8.78 Å². The van der Waals surface area contributed by atoms with Crippen molar-refractivity contribution < 1.29 is 13.5 Å². The average molecular weight is 332 g/mol. The Bertz CT molecular complexity index is 668. The third kappa shape index (κ3) is 3.74. The standard InChI is InChI=1S/C19H22F2N2O/c1-24-18-8-5-15(13-17(18)21)19(14-3-6-16(20)7-4-14)23-11-2-9-22-10-12-23/h3-8,13,19,22H,2,9-12H2,1H3. The molecule has 0 bridgehead atoms. The molecule has 5 heteroatoms. The van der Waals surface area contributed by atoms with Crippen LogP contribution in [0.15, 0.2) is 42.5 Å². The summed E-state index contributed by atoms with van der Waals surface area (Å²) in [5.41, 5.74) is 1.81. The van der Waals surface area contributed by atoms with Crippen molar-refractivity contribution in [3.63, 3.8) is 0 Å². The van der Waals surface area contributed by atoms with Crippen LogP contribution in [0.4, 0.5) is 8.78 Å². The Balaban J connectivity index is 2.00. The van der Waals surface area contributed by atoms with Gasteiger partial charge in [-0.25, -0.2) is 8.78 Å². The lowest BCUT2D eigenvalue weighted by Crippen LogP contribution is -2.33. The Morgan fingerprint density at radius 1 is 1.00 bits per heavy atom. The van der Waals surface area contributed by atoms with E-state index in [1.54, 1.807) is 18.2 Å². The summed E-state index contributed by atoms with van der Waals surface area (Å²) >= 11 is 0. The number of ether oxygens (including phenoxy) is 1. The van der Waals surface area contributed by atoms with Gasteiger partial charge < -0.3 is 10.1 Å². The topological polar surface area (TPSA) is 24.5 Å². The van der Waals surface area contributed by atoms with Gasteiger partial charge in [-0.05, 0) is 48.4 Å². The van der Waals surface area contributed by atoms with Crippen LogP contribution in [0.5, 0.6) is 5.75 Å². The number of halogens is 2. The van der Waals surface area contributed by atoms with Crippen molar-refractivity contribution in [1.29, 1.82) is 0 Å². The lowest BCUT2D eigenvalue weighted by molar-refractivity contribution is 0.240. The van der Waals surface area contributed by atoms with Crippen LogP contribution in [-0.2, 0) is 0 Å². The molecule has 1 aliphatic rings. The molecule has 1 fully saturated rings. The van der Waals surface area contributed by atoms with E-state index in [0.717, 1.165) is 43.7 Å². The Labute approximate surface area is 141 Å². The predicted molar refractivity (Wildman–Crippen MR) is 90.3 cm³/mol.